The number of guanidine groups is 1. The number of carboxylic acid groups (broad SMARTS) is 1. The Morgan fingerprint density at radius 1 is 1.04 bits per heavy atom. The highest BCUT2D eigenvalue weighted by atomic mass is 16.4. The summed E-state index contributed by atoms with van der Waals surface area (Å²) >= 11 is 0. The van der Waals surface area contributed by atoms with Crippen molar-refractivity contribution in [1.82, 2.24) is 10.6 Å². The lowest BCUT2D eigenvalue weighted by molar-refractivity contribution is -0.145. The molecule has 0 aromatic rings. The summed E-state index contributed by atoms with van der Waals surface area (Å²) in [7, 11) is 0. The molecule has 0 aliphatic rings. The number of nitrogens with two attached hydrogens (primary N) is 3. The first-order chi connectivity index (χ1) is 12.0. The summed E-state index contributed by atoms with van der Waals surface area (Å²) in [6.45, 7) is 2.70. The molecule has 0 spiro atoms. The number of aliphatic hydroxyl groups is 2. The molecule has 11 N–H and O–H groups in total. The van der Waals surface area contributed by atoms with Gasteiger partial charge in [-0.3, -0.25) is 14.6 Å². The van der Waals surface area contributed by atoms with Crippen LogP contribution in [0.1, 0.15) is 26.7 Å². The Balaban J connectivity index is 5.10. The van der Waals surface area contributed by atoms with Crippen LogP contribution in [0, 0.1) is 0 Å². The Bertz CT molecular complexity index is 520. The number of aliphatic hydroxyl groups excluding tert-OH is 2. The van der Waals surface area contributed by atoms with Gasteiger partial charge >= 0.3 is 5.97 Å². The van der Waals surface area contributed by atoms with Gasteiger partial charge in [0.05, 0.1) is 12.2 Å². The second kappa shape index (κ2) is 11.2. The molecule has 0 aromatic carbocycles. The van der Waals surface area contributed by atoms with E-state index in [1.165, 1.54) is 13.8 Å². The number of carboxylic acids is 1. The molecule has 0 aliphatic heterocycles. The van der Waals surface area contributed by atoms with E-state index in [9.17, 15) is 24.6 Å². The molecule has 0 aliphatic carbocycles. The van der Waals surface area contributed by atoms with Crippen molar-refractivity contribution in [2.24, 2.45) is 22.2 Å². The van der Waals surface area contributed by atoms with Crippen molar-refractivity contribution < 1.29 is 29.7 Å². The molecule has 0 fully saturated rings. The number of aliphatic carboxylic acids is 1. The lowest BCUT2D eigenvalue weighted by Crippen LogP contribution is -2.57. The molecule has 12 nitrogen and oxygen atoms in total. The summed E-state index contributed by atoms with van der Waals surface area (Å²) in [5.41, 5.74) is 15.9. The second-order valence-corrected chi connectivity index (χ2v) is 5.84. The third-order valence-corrected chi connectivity index (χ3v) is 3.45. The maximum atomic E-state index is 12.3. The van der Waals surface area contributed by atoms with Gasteiger partial charge in [0, 0.05) is 6.54 Å². The summed E-state index contributed by atoms with van der Waals surface area (Å²) in [4.78, 5) is 39.2. The lowest BCUT2D eigenvalue weighted by Gasteiger charge is -2.24. The van der Waals surface area contributed by atoms with Gasteiger partial charge in [-0.25, -0.2) is 4.79 Å². The molecule has 0 bridgehead atoms. The molecule has 0 rings (SSSR count). The van der Waals surface area contributed by atoms with Crippen molar-refractivity contribution in [3.63, 3.8) is 0 Å². The van der Waals surface area contributed by atoms with E-state index >= 15 is 0 Å². The quantitative estimate of drug-likeness (QED) is 0.100. The van der Waals surface area contributed by atoms with Crippen LogP contribution in [0.5, 0.6) is 0 Å². The van der Waals surface area contributed by atoms with Crippen molar-refractivity contribution in [1.29, 1.82) is 0 Å². The van der Waals surface area contributed by atoms with Crippen LogP contribution in [0.3, 0.4) is 0 Å². The van der Waals surface area contributed by atoms with Crippen LogP contribution >= 0.6 is 0 Å². The van der Waals surface area contributed by atoms with Crippen LogP contribution in [0.25, 0.3) is 0 Å². The minimum absolute atomic E-state index is 0.0764. The smallest absolute Gasteiger partial charge is 0.328 e. The molecule has 5 atom stereocenters. The average molecular weight is 376 g/mol. The SMILES string of the molecule is C[C@@H](O)[C@H](N)C(=O)N[C@@H](CCCN=C(N)N)C(=O)N[C@H](C(=O)O)[C@@H](C)O. The number of amides is 2. The molecule has 150 valence electrons. The van der Waals surface area contributed by atoms with E-state index in [0.29, 0.717) is 6.42 Å². The topological polar surface area (TPSA) is 226 Å². The van der Waals surface area contributed by atoms with Gasteiger partial charge in [-0.15, -0.1) is 0 Å². The summed E-state index contributed by atoms with van der Waals surface area (Å²) in [5.74, 6) is -3.18. The summed E-state index contributed by atoms with van der Waals surface area (Å²) in [6, 6.07) is -3.97. The maximum absolute atomic E-state index is 12.3. The van der Waals surface area contributed by atoms with Crippen LogP contribution in [0.4, 0.5) is 0 Å². The third-order valence-electron chi connectivity index (χ3n) is 3.45. The number of nitrogens with zero attached hydrogens (tertiary/aromatic N) is 1. The van der Waals surface area contributed by atoms with Gasteiger partial charge in [-0.05, 0) is 26.7 Å². The van der Waals surface area contributed by atoms with Gasteiger partial charge in [0.1, 0.15) is 12.1 Å². The zero-order chi connectivity index (χ0) is 20.4. The summed E-state index contributed by atoms with van der Waals surface area (Å²) in [6.07, 6.45) is -2.13. The second-order valence-electron chi connectivity index (χ2n) is 5.84. The Hall–Kier alpha value is -2.44. The van der Waals surface area contributed by atoms with Crippen LogP contribution in [0.2, 0.25) is 0 Å². The Morgan fingerprint density at radius 3 is 2.04 bits per heavy atom. The van der Waals surface area contributed by atoms with Crippen molar-refractivity contribution >= 4 is 23.7 Å². The van der Waals surface area contributed by atoms with Crippen molar-refractivity contribution in [2.75, 3.05) is 6.54 Å². The molecule has 0 aromatic heterocycles. The van der Waals surface area contributed by atoms with Crippen LogP contribution in [0.15, 0.2) is 4.99 Å². The van der Waals surface area contributed by atoms with Gasteiger partial charge in [0.2, 0.25) is 11.8 Å². The maximum Gasteiger partial charge on any atom is 0.328 e. The van der Waals surface area contributed by atoms with E-state index in [1.54, 1.807) is 0 Å². The van der Waals surface area contributed by atoms with Crippen molar-refractivity contribution in [3.8, 4) is 0 Å². The fourth-order valence-electron chi connectivity index (χ4n) is 1.90. The number of carbonyl (C=O) groups excluding carboxylic acids is 2. The molecule has 0 saturated heterocycles. The molecular weight excluding hydrogens is 348 g/mol. The predicted molar refractivity (Wildman–Crippen MR) is 92.7 cm³/mol. The standard InChI is InChI=1S/C14H28N6O6/c1-6(21)9(15)12(24)19-8(4-3-5-18-14(16)17)11(23)20-10(7(2)22)13(25)26/h6-10,21-22H,3-5,15H2,1-2H3,(H,19,24)(H,20,23)(H,25,26)(H4,16,17,18)/t6-,7-,8+,9+,10+/m1/s1. The van der Waals surface area contributed by atoms with Crippen molar-refractivity contribution in [2.45, 2.75) is 57.0 Å². The van der Waals surface area contributed by atoms with Gasteiger partial charge in [-0.2, -0.15) is 0 Å². The van der Waals surface area contributed by atoms with E-state index < -0.39 is 48.1 Å². The normalized spacial score (nSPS) is 16.5. The Kier molecular flexibility index (Phi) is 10.2. The fraction of sp³-hybridized carbons (Fsp3) is 0.714. The molecule has 0 heterocycles. The number of carbonyl (C=O) groups is 3. The Labute approximate surface area is 150 Å². The van der Waals surface area contributed by atoms with E-state index in [0.717, 1.165) is 0 Å². The minimum atomic E-state index is -1.55. The molecule has 12 heteroatoms. The van der Waals surface area contributed by atoms with E-state index in [-0.39, 0.29) is 18.9 Å². The monoisotopic (exact) mass is 376 g/mol. The van der Waals surface area contributed by atoms with Crippen LogP contribution < -0.4 is 27.8 Å². The van der Waals surface area contributed by atoms with E-state index in [1.807, 2.05) is 0 Å². The zero-order valence-corrected chi connectivity index (χ0v) is 14.8. The largest absolute Gasteiger partial charge is 0.480 e. The predicted octanol–water partition coefficient (Wildman–Crippen LogP) is -3.82. The first-order valence-electron chi connectivity index (χ1n) is 7.98. The molecular formula is C14H28N6O6. The summed E-state index contributed by atoms with van der Waals surface area (Å²) < 4.78 is 0. The van der Waals surface area contributed by atoms with E-state index in [4.69, 9.17) is 22.3 Å². The van der Waals surface area contributed by atoms with Gasteiger partial charge in [-0.1, -0.05) is 0 Å². The lowest BCUT2D eigenvalue weighted by atomic mass is 10.1. The number of hydrogen-bond acceptors (Lipinski definition) is 7. The summed E-state index contributed by atoms with van der Waals surface area (Å²) in [5, 5.41) is 32.3. The molecule has 26 heavy (non-hydrogen) atoms. The average Bonchev–Trinajstić information content (AvgIpc) is 2.52. The first kappa shape index (κ1) is 23.6. The highest BCUT2D eigenvalue weighted by Crippen LogP contribution is 2.03. The number of hydrogen-bond donors (Lipinski definition) is 8. The highest BCUT2D eigenvalue weighted by molar-refractivity contribution is 5.92. The number of nitrogens with one attached hydrogen (secondary N) is 2. The van der Waals surface area contributed by atoms with Crippen LogP contribution in [-0.4, -0.2) is 75.9 Å². The van der Waals surface area contributed by atoms with E-state index in [2.05, 4.69) is 15.6 Å². The number of rotatable bonds is 11. The first-order valence-corrected chi connectivity index (χ1v) is 7.98. The molecule has 2 amide bonds. The molecule has 0 unspecified atom stereocenters. The van der Waals surface area contributed by atoms with Crippen molar-refractivity contribution in [3.05, 3.63) is 0 Å². The number of aliphatic imine (C=N–C) groups is 1. The third kappa shape index (κ3) is 8.60. The Morgan fingerprint density at radius 2 is 1.62 bits per heavy atom. The zero-order valence-electron chi connectivity index (χ0n) is 14.8. The molecule has 0 radical (unpaired) electrons. The fourth-order valence-corrected chi connectivity index (χ4v) is 1.90. The molecule has 0 saturated carbocycles. The minimum Gasteiger partial charge on any atom is -0.480 e. The highest BCUT2D eigenvalue weighted by Gasteiger charge is 2.30. The van der Waals surface area contributed by atoms with Gasteiger partial charge < -0.3 is 43.2 Å². The van der Waals surface area contributed by atoms with Gasteiger partial charge in [0.15, 0.2) is 12.0 Å². The van der Waals surface area contributed by atoms with Crippen LogP contribution in [-0.2, 0) is 14.4 Å². The van der Waals surface area contributed by atoms with Gasteiger partial charge in [0.25, 0.3) is 0 Å².